The van der Waals surface area contributed by atoms with Crippen molar-refractivity contribution >= 4 is 23.2 Å². The highest BCUT2D eigenvalue weighted by Gasteiger charge is 2.31. The molecule has 0 saturated carbocycles. The maximum absolute atomic E-state index is 15.6. The Morgan fingerprint density at radius 2 is 1.80 bits per heavy atom. The lowest BCUT2D eigenvalue weighted by Gasteiger charge is -2.35. The van der Waals surface area contributed by atoms with Gasteiger partial charge >= 0.3 is 5.97 Å². The van der Waals surface area contributed by atoms with E-state index in [-0.39, 0.29) is 23.2 Å². The minimum absolute atomic E-state index is 0.112. The minimum atomic E-state index is -0.836. The van der Waals surface area contributed by atoms with Crippen molar-refractivity contribution in [1.29, 1.82) is 0 Å². The summed E-state index contributed by atoms with van der Waals surface area (Å²) in [5.74, 6) is -1.27. The van der Waals surface area contributed by atoms with Gasteiger partial charge in [-0.3, -0.25) is 9.59 Å². The number of halogens is 1. The monoisotopic (exact) mass is 605 g/mol. The number of methoxy groups -OCH3 is 1. The fourth-order valence-corrected chi connectivity index (χ4v) is 6.48. The molecule has 9 nitrogen and oxygen atoms in total. The highest BCUT2D eigenvalue weighted by molar-refractivity contribution is 5.94. The molecule has 2 aliphatic heterocycles. The first-order chi connectivity index (χ1) is 21.8. The second-order valence-corrected chi connectivity index (χ2v) is 11.6. The molecule has 1 N–H and O–H groups in total. The Hall–Kier alpha value is -5.25. The van der Waals surface area contributed by atoms with Gasteiger partial charge in [0.1, 0.15) is 17.3 Å². The van der Waals surface area contributed by atoms with Gasteiger partial charge in [0.05, 0.1) is 30.5 Å². The van der Waals surface area contributed by atoms with E-state index in [2.05, 4.69) is 12.1 Å². The van der Waals surface area contributed by atoms with Crippen LogP contribution in [0.5, 0.6) is 5.75 Å². The van der Waals surface area contributed by atoms with Crippen molar-refractivity contribution in [2.45, 2.75) is 25.8 Å². The van der Waals surface area contributed by atoms with E-state index in [0.29, 0.717) is 54.5 Å². The van der Waals surface area contributed by atoms with E-state index in [1.54, 1.807) is 35.9 Å². The molecule has 4 heterocycles. The first-order valence-corrected chi connectivity index (χ1v) is 15.0. The summed E-state index contributed by atoms with van der Waals surface area (Å²) in [6, 6.07) is 23.8. The number of ether oxygens (including phenoxy) is 1. The quantitative estimate of drug-likeness (QED) is 0.258. The van der Waals surface area contributed by atoms with E-state index in [4.69, 9.17) is 14.8 Å². The minimum Gasteiger partial charge on any atom is -0.497 e. The SMILES string of the molecule is COc1ccc(-c2cc(C(=O)N3CCc4ccccc4[C@H]3C)nc3cc(-c4ccc(N5CC[C@H](C(=O)O)C5)cc4F)nn23)cc1. The zero-order chi connectivity index (χ0) is 31.2. The average Bonchev–Trinajstić information content (AvgIpc) is 3.73. The van der Waals surface area contributed by atoms with Crippen molar-refractivity contribution in [2.24, 2.45) is 5.92 Å². The third kappa shape index (κ3) is 5.16. The Balaban J connectivity index is 1.28. The zero-order valence-corrected chi connectivity index (χ0v) is 25.0. The van der Waals surface area contributed by atoms with Crippen molar-refractivity contribution in [3.05, 3.63) is 102 Å². The summed E-state index contributed by atoms with van der Waals surface area (Å²) in [5, 5.41) is 14.1. The number of fused-ring (bicyclic) bond motifs is 2. The van der Waals surface area contributed by atoms with Gasteiger partial charge in [0.25, 0.3) is 5.91 Å². The molecule has 3 aromatic carbocycles. The summed E-state index contributed by atoms with van der Waals surface area (Å²) in [4.78, 5) is 33.9. The number of carbonyl (C=O) groups excluding carboxylic acids is 1. The summed E-state index contributed by atoms with van der Waals surface area (Å²) in [7, 11) is 1.60. The van der Waals surface area contributed by atoms with Gasteiger partial charge in [-0.25, -0.2) is 13.9 Å². The van der Waals surface area contributed by atoms with E-state index in [1.807, 2.05) is 53.1 Å². The van der Waals surface area contributed by atoms with Crippen LogP contribution in [0.2, 0.25) is 0 Å². The Morgan fingerprint density at radius 1 is 1.00 bits per heavy atom. The number of carboxylic acid groups (broad SMARTS) is 1. The van der Waals surface area contributed by atoms with Crippen molar-refractivity contribution in [2.75, 3.05) is 31.6 Å². The highest BCUT2D eigenvalue weighted by atomic mass is 19.1. The number of amides is 1. The Morgan fingerprint density at radius 3 is 2.53 bits per heavy atom. The highest BCUT2D eigenvalue weighted by Crippen LogP contribution is 2.33. The van der Waals surface area contributed by atoms with Crippen LogP contribution in [0.3, 0.4) is 0 Å². The molecule has 0 bridgehead atoms. The third-order valence-corrected chi connectivity index (χ3v) is 9.02. The average molecular weight is 606 g/mol. The van der Waals surface area contributed by atoms with Crippen LogP contribution in [0, 0.1) is 11.7 Å². The topological polar surface area (TPSA) is 100 Å². The van der Waals surface area contributed by atoms with Crippen LogP contribution in [-0.2, 0) is 11.2 Å². The molecule has 0 aliphatic carbocycles. The second kappa shape index (κ2) is 11.4. The molecule has 2 aliphatic rings. The molecule has 0 spiro atoms. The number of hydrogen-bond donors (Lipinski definition) is 1. The fourth-order valence-electron chi connectivity index (χ4n) is 6.48. The second-order valence-electron chi connectivity index (χ2n) is 11.6. The molecule has 0 unspecified atom stereocenters. The van der Waals surface area contributed by atoms with Gasteiger partial charge in [0, 0.05) is 42.5 Å². The molecule has 0 radical (unpaired) electrons. The molecule has 10 heteroatoms. The van der Waals surface area contributed by atoms with Gasteiger partial charge in [0.15, 0.2) is 5.65 Å². The van der Waals surface area contributed by atoms with Crippen LogP contribution >= 0.6 is 0 Å². The van der Waals surface area contributed by atoms with E-state index in [1.165, 1.54) is 11.6 Å². The molecule has 45 heavy (non-hydrogen) atoms. The van der Waals surface area contributed by atoms with Crippen LogP contribution in [-0.4, -0.2) is 63.2 Å². The molecular formula is C35H32FN5O4. The van der Waals surface area contributed by atoms with Crippen molar-refractivity contribution in [1.82, 2.24) is 19.5 Å². The van der Waals surface area contributed by atoms with Gasteiger partial charge in [-0.05, 0) is 79.4 Å². The predicted octanol–water partition coefficient (Wildman–Crippen LogP) is 5.88. The number of carboxylic acids is 1. The standard InChI is InChI=1S/C35H32FN5O4/c1-21-27-6-4-3-5-22(27)14-16-40(21)34(42)31-18-32(23-7-10-26(45-2)11-8-23)41-33(37-31)19-30(38-41)28-12-9-25(17-29(28)36)39-15-13-24(20-39)35(43)44/h3-12,17-19,21,24H,13-16,20H2,1-2H3,(H,43,44)/t21-,24+/m1/s1. The first kappa shape index (κ1) is 28.5. The number of anilines is 1. The summed E-state index contributed by atoms with van der Waals surface area (Å²) in [6.45, 7) is 3.51. The number of rotatable bonds is 6. The van der Waals surface area contributed by atoms with Gasteiger partial charge in [0.2, 0.25) is 0 Å². The van der Waals surface area contributed by atoms with Gasteiger partial charge in [-0.2, -0.15) is 5.10 Å². The predicted molar refractivity (Wildman–Crippen MR) is 168 cm³/mol. The summed E-state index contributed by atoms with van der Waals surface area (Å²) in [5.41, 5.74) is 5.79. The number of carbonyl (C=O) groups is 2. The Bertz CT molecular complexity index is 1940. The van der Waals surface area contributed by atoms with Crippen LogP contribution in [0.1, 0.15) is 41.0 Å². The third-order valence-electron chi connectivity index (χ3n) is 9.02. The number of aromatic nitrogens is 3. The molecule has 2 atom stereocenters. The molecule has 1 amide bonds. The summed E-state index contributed by atoms with van der Waals surface area (Å²) in [6.07, 6.45) is 1.29. The van der Waals surface area contributed by atoms with Gasteiger partial charge in [-0.1, -0.05) is 24.3 Å². The molecule has 1 saturated heterocycles. The van der Waals surface area contributed by atoms with Crippen molar-refractivity contribution in [3.63, 3.8) is 0 Å². The number of aliphatic carboxylic acids is 1. The van der Waals surface area contributed by atoms with E-state index in [0.717, 1.165) is 17.5 Å². The fraction of sp³-hybridized carbons (Fsp3) is 0.257. The Kier molecular flexibility index (Phi) is 7.19. The number of nitrogens with zero attached hydrogens (tertiary/aromatic N) is 5. The molecule has 1 fully saturated rings. The van der Waals surface area contributed by atoms with Gasteiger partial charge in [-0.15, -0.1) is 0 Å². The molecule has 228 valence electrons. The lowest BCUT2D eigenvalue weighted by molar-refractivity contribution is -0.140. The summed E-state index contributed by atoms with van der Waals surface area (Å²) >= 11 is 0. The zero-order valence-electron chi connectivity index (χ0n) is 25.0. The lowest BCUT2D eigenvalue weighted by Crippen LogP contribution is -2.39. The van der Waals surface area contributed by atoms with Crippen molar-refractivity contribution in [3.8, 4) is 28.3 Å². The molecule has 5 aromatic rings. The molecular weight excluding hydrogens is 573 g/mol. The van der Waals surface area contributed by atoms with E-state index >= 15 is 4.39 Å². The normalized spacial score (nSPS) is 17.8. The molecule has 2 aromatic heterocycles. The van der Waals surface area contributed by atoms with Crippen molar-refractivity contribution < 1.29 is 23.8 Å². The van der Waals surface area contributed by atoms with Crippen LogP contribution < -0.4 is 9.64 Å². The van der Waals surface area contributed by atoms with Crippen LogP contribution in [0.15, 0.2) is 78.9 Å². The van der Waals surface area contributed by atoms with E-state index in [9.17, 15) is 14.7 Å². The number of benzene rings is 3. The lowest BCUT2D eigenvalue weighted by atomic mass is 9.93. The smallest absolute Gasteiger partial charge is 0.308 e. The first-order valence-electron chi connectivity index (χ1n) is 15.0. The van der Waals surface area contributed by atoms with E-state index < -0.39 is 17.7 Å². The van der Waals surface area contributed by atoms with Gasteiger partial charge < -0.3 is 19.6 Å². The number of hydrogen-bond acceptors (Lipinski definition) is 6. The van der Waals surface area contributed by atoms with Crippen LogP contribution in [0.4, 0.5) is 10.1 Å². The Labute approximate surface area is 259 Å². The summed E-state index contributed by atoms with van der Waals surface area (Å²) < 4.78 is 22.6. The maximum Gasteiger partial charge on any atom is 0.308 e. The largest absolute Gasteiger partial charge is 0.497 e. The van der Waals surface area contributed by atoms with Crippen LogP contribution in [0.25, 0.3) is 28.2 Å². The maximum atomic E-state index is 15.6. The molecule has 7 rings (SSSR count).